The third kappa shape index (κ3) is 3.01. The highest BCUT2D eigenvalue weighted by atomic mass is 32.2. The molecule has 0 saturated carbocycles. The molecule has 1 aliphatic heterocycles. The smallest absolute Gasteiger partial charge is 0.268 e. The molecule has 0 atom stereocenters. The molecule has 0 spiro atoms. The minimum Gasteiger partial charge on any atom is -0.268 e. The number of amides is 2. The molecule has 5 heteroatoms. The molecule has 2 amide bonds. The molecule has 3 aromatic rings. The van der Waals surface area contributed by atoms with Crippen molar-refractivity contribution >= 4 is 51.1 Å². The number of benzene rings is 2. The van der Waals surface area contributed by atoms with Crippen molar-refractivity contribution in [3.05, 3.63) is 74.8 Å². The Hall–Kier alpha value is -2.37. The van der Waals surface area contributed by atoms with E-state index < -0.39 is 0 Å². The number of carbonyl (C=O) groups is 2. The summed E-state index contributed by atoms with van der Waals surface area (Å²) in [7, 11) is 0. The molecule has 1 aliphatic rings. The largest absolute Gasteiger partial charge is 0.293 e. The molecule has 0 aliphatic carbocycles. The Balaban J connectivity index is 1.65. The minimum atomic E-state index is -0.212. The van der Waals surface area contributed by atoms with Gasteiger partial charge in [0.2, 0.25) is 0 Å². The molecule has 124 valence electrons. The average molecular weight is 365 g/mol. The lowest BCUT2D eigenvalue weighted by atomic mass is 10.0. The minimum absolute atomic E-state index is 0.210. The highest BCUT2D eigenvalue weighted by Crippen LogP contribution is 2.35. The number of hydrogen-bond acceptors (Lipinski definition) is 4. The molecule has 0 N–H and O–H groups in total. The Morgan fingerprint density at radius 3 is 2.64 bits per heavy atom. The van der Waals surface area contributed by atoms with Crippen LogP contribution in [0.1, 0.15) is 16.0 Å². The van der Waals surface area contributed by atoms with Gasteiger partial charge < -0.3 is 0 Å². The maximum absolute atomic E-state index is 12.7. The van der Waals surface area contributed by atoms with E-state index in [0.29, 0.717) is 11.4 Å². The molecule has 0 bridgehead atoms. The van der Waals surface area contributed by atoms with Crippen molar-refractivity contribution < 1.29 is 9.59 Å². The van der Waals surface area contributed by atoms with Gasteiger partial charge in [0.25, 0.3) is 11.1 Å². The first-order valence-corrected chi connectivity index (χ1v) is 9.59. The van der Waals surface area contributed by atoms with Crippen LogP contribution in [0.15, 0.2) is 58.8 Å². The van der Waals surface area contributed by atoms with Gasteiger partial charge in [-0.3, -0.25) is 14.5 Å². The third-order valence-electron chi connectivity index (χ3n) is 4.25. The van der Waals surface area contributed by atoms with Crippen LogP contribution in [-0.2, 0) is 11.3 Å². The van der Waals surface area contributed by atoms with Gasteiger partial charge in [0, 0.05) is 4.88 Å². The van der Waals surface area contributed by atoms with E-state index in [1.165, 1.54) is 4.90 Å². The van der Waals surface area contributed by atoms with Crippen molar-refractivity contribution in [2.45, 2.75) is 13.5 Å². The SMILES string of the molecule is Cc1ccsc1/C=C1\SC(=O)N(Cc2cccc3ccccc23)C1=O. The lowest BCUT2D eigenvalue weighted by Gasteiger charge is -2.14. The first-order valence-electron chi connectivity index (χ1n) is 7.89. The fourth-order valence-electron chi connectivity index (χ4n) is 2.89. The van der Waals surface area contributed by atoms with Crippen LogP contribution in [0.3, 0.4) is 0 Å². The summed E-state index contributed by atoms with van der Waals surface area (Å²) in [4.78, 5) is 27.9. The van der Waals surface area contributed by atoms with Crippen LogP contribution in [-0.4, -0.2) is 16.0 Å². The van der Waals surface area contributed by atoms with Gasteiger partial charge >= 0.3 is 0 Å². The molecule has 3 nitrogen and oxygen atoms in total. The van der Waals surface area contributed by atoms with Gasteiger partial charge in [-0.05, 0) is 58.1 Å². The van der Waals surface area contributed by atoms with Crippen molar-refractivity contribution in [1.29, 1.82) is 0 Å². The zero-order valence-corrected chi connectivity index (χ0v) is 15.2. The summed E-state index contributed by atoms with van der Waals surface area (Å²) in [5, 5.41) is 3.96. The predicted molar refractivity (Wildman–Crippen MR) is 105 cm³/mol. The first kappa shape index (κ1) is 16.1. The van der Waals surface area contributed by atoms with Crippen LogP contribution in [0.2, 0.25) is 0 Å². The molecule has 0 radical (unpaired) electrons. The van der Waals surface area contributed by atoms with Crippen LogP contribution >= 0.6 is 23.1 Å². The Labute approximate surface area is 154 Å². The fraction of sp³-hybridized carbons (Fsp3) is 0.100. The fourth-order valence-corrected chi connectivity index (χ4v) is 4.64. The number of imide groups is 1. The highest BCUT2D eigenvalue weighted by molar-refractivity contribution is 8.18. The molecule has 4 rings (SSSR count). The molecular formula is C20H15NO2S2. The number of thioether (sulfide) groups is 1. The van der Waals surface area contributed by atoms with Crippen LogP contribution < -0.4 is 0 Å². The summed E-state index contributed by atoms with van der Waals surface area (Å²) in [6.45, 7) is 2.30. The van der Waals surface area contributed by atoms with E-state index in [9.17, 15) is 9.59 Å². The number of aryl methyl sites for hydroxylation is 1. The number of rotatable bonds is 3. The second kappa shape index (κ2) is 6.50. The quantitative estimate of drug-likeness (QED) is 0.580. The van der Waals surface area contributed by atoms with Crippen molar-refractivity contribution in [3.8, 4) is 0 Å². The topological polar surface area (TPSA) is 37.4 Å². The van der Waals surface area contributed by atoms with Crippen molar-refractivity contribution in [3.63, 3.8) is 0 Å². The Kier molecular flexibility index (Phi) is 4.19. The standard InChI is InChI=1S/C20H15NO2S2/c1-13-9-10-24-17(13)11-18-19(22)21(20(23)25-18)12-15-7-4-6-14-5-2-3-8-16(14)15/h2-11H,12H2,1H3/b18-11-. The van der Waals surface area contributed by atoms with Gasteiger partial charge in [0.15, 0.2) is 0 Å². The molecule has 2 aromatic carbocycles. The van der Waals surface area contributed by atoms with E-state index in [2.05, 4.69) is 0 Å². The molecular weight excluding hydrogens is 350 g/mol. The summed E-state index contributed by atoms with van der Waals surface area (Å²) in [6, 6.07) is 16.0. The molecule has 1 saturated heterocycles. The van der Waals surface area contributed by atoms with Crippen LogP contribution in [0.5, 0.6) is 0 Å². The Bertz CT molecular complexity index is 1010. The number of thiophene rings is 1. The van der Waals surface area contributed by atoms with Crippen LogP contribution in [0.4, 0.5) is 4.79 Å². The molecule has 0 unspecified atom stereocenters. The summed E-state index contributed by atoms with van der Waals surface area (Å²) in [6.07, 6.45) is 1.83. The van der Waals surface area contributed by atoms with Crippen molar-refractivity contribution in [1.82, 2.24) is 4.90 Å². The van der Waals surface area contributed by atoms with Crippen LogP contribution in [0, 0.1) is 6.92 Å². The predicted octanol–water partition coefficient (Wildman–Crippen LogP) is 5.45. The Morgan fingerprint density at radius 2 is 1.84 bits per heavy atom. The molecule has 1 aromatic heterocycles. The van der Waals surface area contributed by atoms with Crippen LogP contribution in [0.25, 0.3) is 16.8 Å². The van der Waals surface area contributed by atoms with E-state index in [0.717, 1.165) is 38.5 Å². The zero-order chi connectivity index (χ0) is 17.4. The summed E-state index contributed by atoms with van der Waals surface area (Å²) >= 11 is 2.59. The van der Waals surface area contributed by atoms with E-state index in [-0.39, 0.29) is 11.1 Å². The zero-order valence-electron chi connectivity index (χ0n) is 13.6. The maximum atomic E-state index is 12.7. The number of carbonyl (C=O) groups excluding carboxylic acids is 2. The summed E-state index contributed by atoms with van der Waals surface area (Å²) in [5.74, 6) is -0.212. The van der Waals surface area contributed by atoms with Gasteiger partial charge in [-0.2, -0.15) is 0 Å². The number of fused-ring (bicyclic) bond motifs is 1. The third-order valence-corrected chi connectivity index (χ3v) is 6.12. The number of nitrogens with zero attached hydrogens (tertiary/aromatic N) is 1. The monoisotopic (exact) mass is 365 g/mol. The summed E-state index contributed by atoms with van der Waals surface area (Å²) in [5.41, 5.74) is 2.10. The van der Waals surface area contributed by atoms with Gasteiger partial charge in [-0.15, -0.1) is 11.3 Å². The normalized spacial score (nSPS) is 16.4. The van der Waals surface area contributed by atoms with E-state index in [1.807, 2.05) is 66.9 Å². The maximum Gasteiger partial charge on any atom is 0.293 e. The van der Waals surface area contributed by atoms with E-state index >= 15 is 0 Å². The van der Waals surface area contributed by atoms with E-state index in [1.54, 1.807) is 11.3 Å². The second-order valence-corrected chi connectivity index (χ2v) is 7.81. The summed E-state index contributed by atoms with van der Waals surface area (Å²) < 4.78 is 0. The average Bonchev–Trinajstić information content (AvgIpc) is 3.13. The van der Waals surface area contributed by atoms with Gasteiger partial charge in [0.1, 0.15) is 0 Å². The van der Waals surface area contributed by atoms with Gasteiger partial charge in [-0.25, -0.2) is 0 Å². The Morgan fingerprint density at radius 1 is 1.04 bits per heavy atom. The van der Waals surface area contributed by atoms with Gasteiger partial charge in [-0.1, -0.05) is 42.5 Å². The van der Waals surface area contributed by atoms with Gasteiger partial charge in [0.05, 0.1) is 11.4 Å². The lowest BCUT2D eigenvalue weighted by Crippen LogP contribution is -2.27. The van der Waals surface area contributed by atoms with Crippen molar-refractivity contribution in [2.24, 2.45) is 0 Å². The van der Waals surface area contributed by atoms with E-state index in [4.69, 9.17) is 0 Å². The molecule has 2 heterocycles. The molecule has 25 heavy (non-hydrogen) atoms. The second-order valence-electron chi connectivity index (χ2n) is 5.87. The van der Waals surface area contributed by atoms with Crippen molar-refractivity contribution in [2.75, 3.05) is 0 Å². The highest BCUT2D eigenvalue weighted by Gasteiger charge is 2.35. The first-order chi connectivity index (χ1) is 12.1. The number of hydrogen-bond donors (Lipinski definition) is 0. The lowest BCUT2D eigenvalue weighted by molar-refractivity contribution is -0.123. The molecule has 1 fully saturated rings.